The normalized spacial score (nSPS) is 36.9. The van der Waals surface area contributed by atoms with Gasteiger partial charge in [0.2, 0.25) is 5.91 Å². The predicted octanol–water partition coefficient (Wildman–Crippen LogP) is 0.201. The minimum atomic E-state index is -1.05. The van der Waals surface area contributed by atoms with Gasteiger partial charge in [0, 0.05) is 19.6 Å². The maximum absolute atomic E-state index is 12.8. The van der Waals surface area contributed by atoms with Gasteiger partial charge < -0.3 is 24.7 Å². The number of β-amino-alcohol motifs (C(OH)–C–C–N with tert-alkyl or cyclic N) is 1. The molecule has 1 aliphatic carbocycles. The number of carboxylic acid groups (broad SMARTS) is 1. The van der Waals surface area contributed by atoms with Crippen LogP contribution in [0.3, 0.4) is 0 Å². The molecule has 8 nitrogen and oxygen atoms in total. The molecule has 1 spiro atoms. The number of piperazine rings is 1. The number of likely N-dealkylation sites (tertiary alicyclic amines) is 1. The number of ether oxygens (including phenoxy) is 1. The Morgan fingerprint density at radius 2 is 2.04 bits per heavy atom. The summed E-state index contributed by atoms with van der Waals surface area (Å²) in [7, 11) is 0. The van der Waals surface area contributed by atoms with Crippen LogP contribution in [0.25, 0.3) is 0 Å². The van der Waals surface area contributed by atoms with Crippen molar-refractivity contribution in [3.63, 3.8) is 0 Å². The van der Waals surface area contributed by atoms with Crippen LogP contribution in [0, 0.1) is 5.41 Å². The Morgan fingerprint density at radius 1 is 1.27 bits per heavy atom. The summed E-state index contributed by atoms with van der Waals surface area (Å²) in [5.41, 5.74) is 0.202. The highest BCUT2D eigenvalue weighted by molar-refractivity contribution is 5.87. The number of aliphatic hydroxyl groups is 1. The lowest BCUT2D eigenvalue weighted by Gasteiger charge is -2.49. The van der Waals surface area contributed by atoms with E-state index in [1.54, 1.807) is 6.92 Å². The van der Waals surface area contributed by atoms with Gasteiger partial charge in [0.05, 0.1) is 31.4 Å². The highest BCUT2D eigenvalue weighted by atomic mass is 16.5. The number of aliphatic hydroxyl groups excluding tert-OH is 1. The summed E-state index contributed by atoms with van der Waals surface area (Å²) >= 11 is 0. The first-order valence-corrected chi connectivity index (χ1v) is 9.71. The molecule has 0 aromatic carbocycles. The lowest BCUT2D eigenvalue weighted by atomic mass is 9.90. The Labute approximate surface area is 153 Å². The summed E-state index contributed by atoms with van der Waals surface area (Å²) in [4.78, 5) is 29.5. The molecule has 4 fully saturated rings. The fourth-order valence-electron chi connectivity index (χ4n) is 4.86. The van der Waals surface area contributed by atoms with Crippen molar-refractivity contribution < 1.29 is 24.5 Å². The van der Waals surface area contributed by atoms with E-state index in [1.807, 2.05) is 4.90 Å². The highest BCUT2D eigenvalue weighted by Gasteiger charge is 2.51. The summed E-state index contributed by atoms with van der Waals surface area (Å²) in [5.74, 6) is -0.118. The van der Waals surface area contributed by atoms with Gasteiger partial charge in [-0.3, -0.25) is 9.69 Å². The van der Waals surface area contributed by atoms with Crippen LogP contribution in [0.2, 0.25) is 0 Å². The average Bonchev–Trinajstić information content (AvgIpc) is 3.39. The van der Waals surface area contributed by atoms with Gasteiger partial charge in [-0.1, -0.05) is 0 Å². The number of piperidine rings is 1. The summed E-state index contributed by atoms with van der Waals surface area (Å²) in [6, 6.07) is -0.861. The van der Waals surface area contributed by atoms with Crippen LogP contribution in [0.4, 0.5) is 4.79 Å². The van der Waals surface area contributed by atoms with Crippen molar-refractivity contribution in [3.8, 4) is 0 Å². The second-order valence-electron chi connectivity index (χ2n) is 8.42. The van der Waals surface area contributed by atoms with E-state index in [0.717, 1.165) is 38.8 Å². The van der Waals surface area contributed by atoms with Crippen molar-refractivity contribution in [2.45, 2.75) is 56.8 Å². The van der Waals surface area contributed by atoms with Crippen LogP contribution in [0.1, 0.15) is 32.6 Å². The average molecular weight is 367 g/mol. The van der Waals surface area contributed by atoms with E-state index in [4.69, 9.17) is 4.74 Å². The second kappa shape index (κ2) is 6.65. The van der Waals surface area contributed by atoms with Crippen LogP contribution >= 0.6 is 0 Å². The first-order chi connectivity index (χ1) is 12.4. The van der Waals surface area contributed by atoms with E-state index in [0.29, 0.717) is 26.3 Å². The molecule has 4 atom stereocenters. The van der Waals surface area contributed by atoms with E-state index in [-0.39, 0.29) is 29.5 Å². The van der Waals surface area contributed by atoms with Gasteiger partial charge in [-0.15, -0.1) is 0 Å². The van der Waals surface area contributed by atoms with Gasteiger partial charge in [-0.05, 0) is 44.6 Å². The summed E-state index contributed by atoms with van der Waals surface area (Å²) in [6.45, 7) is 5.42. The smallest absolute Gasteiger partial charge is 0.408 e. The summed E-state index contributed by atoms with van der Waals surface area (Å²) < 4.78 is 5.69. The SMILES string of the molecule is C[C@H]1C(=O)N2[C@H](CCN3CCC4(CC4)[C@H](O)C3)COC[C@@H]2CN1C(=O)O. The molecule has 0 unspecified atom stereocenters. The van der Waals surface area contributed by atoms with Crippen LogP contribution in [-0.4, -0.2) is 101 Å². The highest BCUT2D eigenvalue weighted by Crippen LogP contribution is 2.53. The maximum Gasteiger partial charge on any atom is 0.408 e. The molecule has 0 aromatic heterocycles. The van der Waals surface area contributed by atoms with Gasteiger partial charge >= 0.3 is 6.09 Å². The number of fused-ring (bicyclic) bond motifs is 1. The molecule has 1 saturated carbocycles. The molecule has 4 aliphatic rings. The molecule has 0 aromatic rings. The van der Waals surface area contributed by atoms with Gasteiger partial charge in [0.25, 0.3) is 0 Å². The molecule has 3 aliphatic heterocycles. The monoisotopic (exact) mass is 367 g/mol. The third-order valence-corrected chi connectivity index (χ3v) is 6.87. The molecule has 4 rings (SSSR count). The summed E-state index contributed by atoms with van der Waals surface area (Å²) in [5, 5.41) is 19.7. The van der Waals surface area contributed by atoms with Gasteiger partial charge in [0.15, 0.2) is 0 Å². The Kier molecular flexibility index (Phi) is 4.61. The molecular weight excluding hydrogens is 338 g/mol. The first kappa shape index (κ1) is 18.0. The van der Waals surface area contributed by atoms with E-state index >= 15 is 0 Å². The van der Waals surface area contributed by atoms with Crippen molar-refractivity contribution in [1.82, 2.24) is 14.7 Å². The van der Waals surface area contributed by atoms with Crippen molar-refractivity contribution in [3.05, 3.63) is 0 Å². The fraction of sp³-hybridized carbons (Fsp3) is 0.889. The van der Waals surface area contributed by atoms with Crippen molar-refractivity contribution >= 4 is 12.0 Å². The van der Waals surface area contributed by atoms with E-state index in [1.165, 1.54) is 4.90 Å². The molecule has 3 heterocycles. The number of amides is 2. The van der Waals surface area contributed by atoms with Gasteiger partial charge in [-0.2, -0.15) is 0 Å². The van der Waals surface area contributed by atoms with Crippen LogP contribution < -0.4 is 0 Å². The minimum Gasteiger partial charge on any atom is -0.465 e. The molecule has 2 N–H and O–H groups in total. The molecule has 8 heteroatoms. The number of nitrogens with zero attached hydrogens (tertiary/aromatic N) is 3. The molecule has 0 bridgehead atoms. The van der Waals surface area contributed by atoms with Gasteiger partial charge in [0.1, 0.15) is 6.04 Å². The van der Waals surface area contributed by atoms with E-state index in [9.17, 15) is 19.8 Å². The third-order valence-electron chi connectivity index (χ3n) is 6.87. The minimum absolute atomic E-state index is 0.0198. The first-order valence-electron chi connectivity index (χ1n) is 9.71. The number of morpholine rings is 1. The largest absolute Gasteiger partial charge is 0.465 e. The number of rotatable bonds is 3. The zero-order valence-corrected chi connectivity index (χ0v) is 15.3. The molecular formula is C18H29N3O5. The van der Waals surface area contributed by atoms with Crippen molar-refractivity contribution in [2.75, 3.05) is 39.4 Å². The molecule has 146 valence electrons. The van der Waals surface area contributed by atoms with Crippen LogP contribution in [0.5, 0.6) is 0 Å². The van der Waals surface area contributed by atoms with E-state index < -0.39 is 12.1 Å². The maximum atomic E-state index is 12.8. The Hall–Kier alpha value is -1.38. The quantitative estimate of drug-likeness (QED) is 0.740. The third kappa shape index (κ3) is 3.08. The molecule has 2 amide bonds. The van der Waals surface area contributed by atoms with Gasteiger partial charge in [-0.25, -0.2) is 4.79 Å². The Bertz CT molecular complexity index is 581. The fourth-order valence-corrected chi connectivity index (χ4v) is 4.86. The standard InChI is InChI=1S/C18H29N3O5/c1-12-16(23)21-13(10-26-11-14(21)8-20(12)17(24)25)2-6-19-7-5-18(3-4-18)15(22)9-19/h12-15,22H,2-11H2,1H3,(H,24,25)/t12-,13+,14-,15+/m0/s1. The second-order valence-corrected chi connectivity index (χ2v) is 8.42. The lowest BCUT2D eigenvalue weighted by molar-refractivity contribution is -0.160. The van der Waals surface area contributed by atoms with Crippen LogP contribution in [0.15, 0.2) is 0 Å². The molecule has 0 radical (unpaired) electrons. The summed E-state index contributed by atoms with van der Waals surface area (Å²) in [6.07, 6.45) is 2.88. The Balaban J connectivity index is 1.36. The van der Waals surface area contributed by atoms with Crippen molar-refractivity contribution in [1.29, 1.82) is 0 Å². The zero-order valence-electron chi connectivity index (χ0n) is 15.3. The molecule has 3 saturated heterocycles. The topological polar surface area (TPSA) is 93.6 Å². The predicted molar refractivity (Wildman–Crippen MR) is 92.8 cm³/mol. The van der Waals surface area contributed by atoms with Crippen molar-refractivity contribution in [2.24, 2.45) is 5.41 Å². The number of carbonyl (C=O) groups is 2. The zero-order chi connectivity index (χ0) is 18.5. The number of hydrogen-bond acceptors (Lipinski definition) is 5. The molecule has 26 heavy (non-hydrogen) atoms. The van der Waals surface area contributed by atoms with E-state index in [2.05, 4.69) is 4.90 Å². The Morgan fingerprint density at radius 3 is 2.69 bits per heavy atom. The number of carbonyl (C=O) groups excluding carboxylic acids is 1. The lowest BCUT2D eigenvalue weighted by Crippen LogP contribution is -2.68. The number of hydrogen-bond donors (Lipinski definition) is 2. The van der Waals surface area contributed by atoms with Crippen LogP contribution in [-0.2, 0) is 9.53 Å².